The zero-order valence-corrected chi connectivity index (χ0v) is 34.9. The number of rotatable bonds is 10. The quantitative estimate of drug-likeness (QED) is 0.210. The molecule has 1 atom stereocenters. The molecule has 0 aliphatic carbocycles. The maximum Gasteiger partial charge on any atom is 0.412 e. The first kappa shape index (κ1) is 39.9. The Balaban J connectivity index is 1.95. The Kier molecular flexibility index (Phi) is 11.5. The van der Waals surface area contributed by atoms with Crippen LogP contribution in [0, 0.1) is 0 Å². The summed E-state index contributed by atoms with van der Waals surface area (Å²) in [6.45, 7) is 25.4. The number of carbonyl (C=O) groups excluding carboxylic acids is 1. The van der Waals surface area contributed by atoms with Crippen molar-refractivity contribution in [1.82, 2.24) is 4.90 Å². The van der Waals surface area contributed by atoms with Gasteiger partial charge in [-0.15, -0.1) is 0 Å². The Morgan fingerprint density at radius 1 is 0.843 bits per heavy atom. The number of hydrogen-bond acceptors (Lipinski definition) is 5. The van der Waals surface area contributed by atoms with Crippen LogP contribution in [0.4, 0.5) is 10.5 Å². The lowest BCUT2D eigenvalue weighted by molar-refractivity contribution is 0.0738. The molecule has 8 nitrogen and oxygen atoms in total. The van der Waals surface area contributed by atoms with Crippen LogP contribution in [0.1, 0.15) is 86.0 Å². The van der Waals surface area contributed by atoms with Crippen molar-refractivity contribution in [3.63, 3.8) is 0 Å². The zero-order valence-electron chi connectivity index (χ0n) is 32.9. The van der Waals surface area contributed by atoms with Gasteiger partial charge in [-0.1, -0.05) is 108 Å². The van der Waals surface area contributed by atoms with Crippen LogP contribution in [0.3, 0.4) is 0 Å². The van der Waals surface area contributed by atoms with Gasteiger partial charge < -0.3 is 23.6 Å². The predicted molar refractivity (Wildman–Crippen MR) is 213 cm³/mol. The van der Waals surface area contributed by atoms with E-state index in [4.69, 9.17) is 13.6 Å². The summed E-state index contributed by atoms with van der Waals surface area (Å²) < 4.78 is 20.0. The van der Waals surface area contributed by atoms with Gasteiger partial charge in [0.1, 0.15) is 5.75 Å². The second-order valence-electron chi connectivity index (χ2n) is 17.2. The summed E-state index contributed by atoms with van der Waals surface area (Å²) in [5.41, 5.74) is 0.599. The summed E-state index contributed by atoms with van der Waals surface area (Å²) >= 11 is 0. The smallest absolute Gasteiger partial charge is 0.412 e. The van der Waals surface area contributed by atoms with E-state index in [1.807, 2.05) is 70.3 Å². The highest BCUT2D eigenvalue weighted by Gasteiger charge is 2.53. The molecular weight excluding hydrogens is 673 g/mol. The number of anilines is 1. The maximum atomic E-state index is 14.8. The van der Waals surface area contributed by atoms with Gasteiger partial charge in [0.25, 0.3) is 5.91 Å². The molecule has 1 heterocycles. The van der Waals surface area contributed by atoms with E-state index in [1.165, 1.54) is 4.90 Å². The van der Waals surface area contributed by atoms with Crippen molar-refractivity contribution in [3.8, 4) is 11.5 Å². The average molecular weight is 731 g/mol. The highest BCUT2D eigenvalue weighted by molar-refractivity contribution is 7.00. The minimum Gasteiger partial charge on any atom is -0.531 e. The lowest BCUT2D eigenvalue weighted by atomic mass is 10.0. The van der Waals surface area contributed by atoms with Crippen molar-refractivity contribution in [2.75, 3.05) is 18.6 Å². The second kappa shape index (κ2) is 14.6. The number of methoxy groups -OCH3 is 1. The molecule has 0 bridgehead atoms. The van der Waals surface area contributed by atoms with Crippen LogP contribution < -0.4 is 24.4 Å². The third kappa shape index (κ3) is 8.13. The van der Waals surface area contributed by atoms with Crippen LogP contribution in [0.25, 0.3) is 0 Å². The Hall–Kier alpha value is -3.87. The van der Waals surface area contributed by atoms with E-state index in [2.05, 4.69) is 78.9 Å². The van der Waals surface area contributed by atoms with Crippen LogP contribution in [-0.4, -0.2) is 63.9 Å². The number of carbonyl (C=O) groups is 2. The highest BCUT2D eigenvalue weighted by Crippen LogP contribution is 2.44. The first-order valence-electron chi connectivity index (χ1n) is 17.7. The Morgan fingerprint density at radius 3 is 1.80 bits per heavy atom. The van der Waals surface area contributed by atoms with Gasteiger partial charge in [0.2, 0.25) is 0 Å². The normalized spacial score (nSPS) is 15.7. The summed E-state index contributed by atoms with van der Waals surface area (Å²) in [4.78, 5) is 30.9. The first-order valence-corrected chi connectivity index (χ1v) is 22.6. The number of ether oxygens (including phenoxy) is 1. The first-order chi connectivity index (χ1) is 23.5. The molecule has 3 aromatic rings. The van der Waals surface area contributed by atoms with Gasteiger partial charge in [0.05, 0.1) is 31.0 Å². The van der Waals surface area contributed by atoms with E-state index in [1.54, 1.807) is 24.1 Å². The van der Waals surface area contributed by atoms with E-state index in [0.717, 1.165) is 15.9 Å². The molecule has 0 aromatic heterocycles. The molecule has 51 heavy (non-hydrogen) atoms. The highest BCUT2D eigenvalue weighted by atomic mass is 28.4. The van der Waals surface area contributed by atoms with Gasteiger partial charge in [-0.25, -0.2) is 4.79 Å². The predicted octanol–water partition coefficient (Wildman–Crippen LogP) is 9.06. The molecular formula is C41H58N2O6Si2. The molecule has 10 heteroatoms. The molecule has 0 saturated heterocycles. The van der Waals surface area contributed by atoms with Crippen LogP contribution in [-0.2, 0) is 4.43 Å². The fraction of sp³-hybridized carbons (Fsp3) is 0.463. The lowest BCUT2D eigenvalue weighted by Crippen LogP contribution is -2.68. The number of amides is 2. The molecule has 0 saturated carbocycles. The van der Waals surface area contributed by atoms with Gasteiger partial charge in [-0.05, 0) is 73.7 Å². The van der Waals surface area contributed by atoms with Crippen LogP contribution in [0.5, 0.6) is 11.5 Å². The fourth-order valence-corrected chi connectivity index (χ4v) is 12.1. The van der Waals surface area contributed by atoms with Crippen molar-refractivity contribution < 1.29 is 28.3 Å². The molecule has 3 aromatic carbocycles. The molecule has 1 N–H and O–H groups in total. The summed E-state index contributed by atoms with van der Waals surface area (Å²) in [5.74, 6) is 0.402. The zero-order chi connectivity index (χ0) is 38.2. The summed E-state index contributed by atoms with van der Waals surface area (Å²) in [6, 6.07) is 23.6. The van der Waals surface area contributed by atoms with Gasteiger partial charge >= 0.3 is 14.4 Å². The third-order valence-corrected chi connectivity index (χ3v) is 19.7. The summed E-state index contributed by atoms with van der Waals surface area (Å²) in [6.07, 6.45) is 1.36. The van der Waals surface area contributed by atoms with Crippen molar-refractivity contribution in [3.05, 3.63) is 90.1 Å². The molecule has 1 aliphatic heterocycles. The van der Waals surface area contributed by atoms with E-state index in [0.29, 0.717) is 24.5 Å². The standard InChI is InChI=1S/C41H58N2O6Si2/c1-29-24-30(28-48-50(12,13)40(5,6)7)42(27-29)37(44)33-25-35(47-11)36(26-34(33)43(38(45)46)39(2,3)4)49-51(41(8,9)10,31-20-16-14-17-21-31)32-22-18-15-19-23-32/h14-23,25-27,30H,24,28H2,1-13H3,(H,45,46)/t30-/m0/s1. The van der Waals surface area contributed by atoms with E-state index in [-0.39, 0.29) is 33.3 Å². The van der Waals surface area contributed by atoms with E-state index < -0.39 is 28.3 Å². The molecule has 0 spiro atoms. The Labute approximate surface area is 307 Å². The average Bonchev–Trinajstić information content (AvgIpc) is 3.41. The van der Waals surface area contributed by atoms with E-state index in [9.17, 15) is 14.7 Å². The number of carboxylic acid groups (broad SMARTS) is 1. The molecule has 0 radical (unpaired) electrons. The van der Waals surface area contributed by atoms with Crippen molar-refractivity contribution in [2.24, 2.45) is 0 Å². The van der Waals surface area contributed by atoms with Crippen molar-refractivity contribution >= 4 is 44.7 Å². The largest absolute Gasteiger partial charge is 0.531 e. The van der Waals surface area contributed by atoms with Crippen LogP contribution in [0.15, 0.2) is 84.6 Å². The topological polar surface area (TPSA) is 88.5 Å². The summed E-state index contributed by atoms with van der Waals surface area (Å²) in [7, 11) is -3.72. The van der Waals surface area contributed by atoms with Gasteiger partial charge in [-0.3, -0.25) is 9.69 Å². The third-order valence-electron chi connectivity index (χ3n) is 10.3. The van der Waals surface area contributed by atoms with Crippen LogP contribution in [0.2, 0.25) is 23.2 Å². The van der Waals surface area contributed by atoms with Crippen LogP contribution >= 0.6 is 0 Å². The minimum atomic E-state index is -3.17. The minimum absolute atomic E-state index is 0.0130. The number of hydrogen-bond donors (Lipinski definition) is 1. The number of nitrogens with zero attached hydrogens (tertiary/aromatic N) is 2. The second-order valence-corrected chi connectivity index (χ2v) is 26.2. The SMILES string of the molecule is COc1cc(C(=O)N2C=C(C)C[C@H]2CO[Si](C)(C)C(C)(C)C)c(N(C(=O)O)C(C)(C)C)cc1O[Si](c1ccccc1)(c1ccccc1)C(C)(C)C. The molecule has 4 rings (SSSR count). The monoisotopic (exact) mass is 730 g/mol. The van der Waals surface area contributed by atoms with Gasteiger partial charge in [0, 0.05) is 17.8 Å². The Bertz CT molecular complexity index is 1700. The van der Waals surface area contributed by atoms with E-state index >= 15 is 0 Å². The van der Waals surface area contributed by atoms with Gasteiger partial charge in [0.15, 0.2) is 14.1 Å². The molecule has 276 valence electrons. The molecule has 0 fully saturated rings. The molecule has 2 amide bonds. The molecule has 0 unspecified atom stereocenters. The summed E-state index contributed by atoms with van der Waals surface area (Å²) in [5, 5.41) is 12.5. The lowest BCUT2D eigenvalue weighted by Gasteiger charge is -2.43. The fourth-order valence-electron chi connectivity index (χ4n) is 6.60. The number of benzene rings is 3. The Morgan fingerprint density at radius 2 is 1.37 bits per heavy atom. The molecule has 1 aliphatic rings. The van der Waals surface area contributed by atoms with Gasteiger partial charge in [-0.2, -0.15) is 0 Å². The maximum absolute atomic E-state index is 14.8. The van der Waals surface area contributed by atoms with Crippen molar-refractivity contribution in [2.45, 2.75) is 110 Å². The van der Waals surface area contributed by atoms with Crippen molar-refractivity contribution in [1.29, 1.82) is 0 Å².